The Balaban J connectivity index is 1.96. The largest absolute Gasteiger partial charge is 0.494 e. The van der Waals surface area contributed by atoms with E-state index in [9.17, 15) is 14.7 Å². The number of rotatable bonds is 9. The van der Waals surface area contributed by atoms with Crippen molar-refractivity contribution < 1.29 is 19.4 Å². The van der Waals surface area contributed by atoms with Crippen LogP contribution in [0.4, 0.5) is 0 Å². The second-order valence-corrected chi connectivity index (χ2v) is 6.18. The Morgan fingerprint density at radius 3 is 2.60 bits per heavy atom. The average molecular weight is 363 g/mol. The maximum atomic E-state index is 12.2. The summed E-state index contributed by atoms with van der Waals surface area (Å²) in [6.07, 6.45) is 0.928. The summed E-state index contributed by atoms with van der Waals surface area (Å²) in [5, 5.41) is 16.0. The van der Waals surface area contributed by atoms with Crippen LogP contribution in [-0.4, -0.2) is 39.7 Å². The Bertz CT molecular complexity index is 715. The molecule has 7 nitrogen and oxygen atoms in total. The molecule has 1 amide bonds. The zero-order chi connectivity index (χ0) is 18.2. The van der Waals surface area contributed by atoms with Gasteiger partial charge in [-0.25, -0.2) is 0 Å². The number of carboxylic acid groups (broad SMARTS) is 1. The van der Waals surface area contributed by atoms with Crippen molar-refractivity contribution in [1.82, 2.24) is 14.9 Å². The molecule has 25 heavy (non-hydrogen) atoms. The summed E-state index contributed by atoms with van der Waals surface area (Å²) < 4.78 is 9.14. The predicted molar refractivity (Wildman–Crippen MR) is 94.1 cm³/mol. The lowest BCUT2D eigenvalue weighted by Gasteiger charge is -2.14. The number of carbonyl (C=O) groups excluding carboxylic acids is 1. The average Bonchev–Trinajstić information content (AvgIpc) is 3.08. The van der Waals surface area contributed by atoms with Crippen LogP contribution in [0.2, 0.25) is 0 Å². The van der Waals surface area contributed by atoms with Gasteiger partial charge in [-0.15, -0.1) is 5.10 Å². The maximum absolute atomic E-state index is 12.2. The van der Waals surface area contributed by atoms with Crippen molar-refractivity contribution in [3.8, 4) is 5.75 Å². The standard InChI is InChI=1S/C17H21N3O4S/c1-3-14-15(25-20-19-14)16(21)18-10-12(17(22)23)9-11-5-7-13(8-6-11)24-4-2/h5-8,12H,3-4,9-10H2,1-2H3,(H,18,21)(H,22,23). The van der Waals surface area contributed by atoms with Gasteiger partial charge >= 0.3 is 5.97 Å². The molecule has 8 heteroatoms. The first-order valence-corrected chi connectivity index (χ1v) is 8.86. The van der Waals surface area contributed by atoms with Crippen LogP contribution < -0.4 is 10.1 Å². The molecule has 2 N–H and O–H groups in total. The predicted octanol–water partition coefficient (Wildman–Crippen LogP) is 2.17. The Hall–Kier alpha value is -2.48. The zero-order valence-corrected chi connectivity index (χ0v) is 15.0. The van der Waals surface area contributed by atoms with Crippen molar-refractivity contribution in [2.45, 2.75) is 26.7 Å². The van der Waals surface area contributed by atoms with Crippen LogP contribution in [0.1, 0.15) is 34.8 Å². The molecule has 1 unspecified atom stereocenters. The van der Waals surface area contributed by atoms with Gasteiger partial charge in [0.1, 0.15) is 10.6 Å². The van der Waals surface area contributed by atoms with E-state index in [1.165, 1.54) is 0 Å². The summed E-state index contributed by atoms with van der Waals surface area (Å²) in [6.45, 7) is 4.41. The maximum Gasteiger partial charge on any atom is 0.308 e. The van der Waals surface area contributed by atoms with Crippen LogP contribution in [0.5, 0.6) is 5.75 Å². The summed E-state index contributed by atoms with van der Waals surface area (Å²) in [5.74, 6) is -1.25. The lowest BCUT2D eigenvalue weighted by molar-refractivity contribution is -0.141. The van der Waals surface area contributed by atoms with Crippen molar-refractivity contribution in [2.24, 2.45) is 5.92 Å². The third-order valence-corrected chi connectivity index (χ3v) is 4.44. The third-order valence-electron chi connectivity index (χ3n) is 3.67. The number of carboxylic acids is 1. The van der Waals surface area contributed by atoms with Crippen molar-refractivity contribution in [2.75, 3.05) is 13.2 Å². The molecule has 0 saturated heterocycles. The Morgan fingerprint density at radius 1 is 1.28 bits per heavy atom. The number of nitrogens with zero attached hydrogens (tertiary/aromatic N) is 2. The van der Waals surface area contributed by atoms with E-state index in [1.54, 1.807) is 0 Å². The van der Waals surface area contributed by atoms with Gasteiger partial charge in [0.15, 0.2) is 0 Å². The lowest BCUT2D eigenvalue weighted by Crippen LogP contribution is -2.34. The Morgan fingerprint density at radius 2 is 2.00 bits per heavy atom. The molecule has 0 aliphatic rings. The van der Waals surface area contributed by atoms with Gasteiger partial charge in [-0.3, -0.25) is 9.59 Å². The van der Waals surface area contributed by atoms with Crippen LogP contribution in [0, 0.1) is 5.92 Å². The minimum absolute atomic E-state index is 0.0441. The highest BCUT2D eigenvalue weighted by atomic mass is 32.1. The number of hydrogen-bond acceptors (Lipinski definition) is 6. The molecule has 1 heterocycles. The van der Waals surface area contributed by atoms with Crippen molar-refractivity contribution in [1.29, 1.82) is 0 Å². The molecule has 0 aliphatic heterocycles. The van der Waals surface area contributed by atoms with E-state index in [0.717, 1.165) is 22.8 Å². The molecule has 2 rings (SSSR count). The minimum Gasteiger partial charge on any atom is -0.494 e. The molecular formula is C17H21N3O4S. The minimum atomic E-state index is -0.952. The van der Waals surface area contributed by atoms with E-state index in [0.29, 0.717) is 30.0 Å². The van der Waals surface area contributed by atoms with Crippen LogP contribution >= 0.6 is 11.5 Å². The van der Waals surface area contributed by atoms with E-state index >= 15 is 0 Å². The fourth-order valence-corrected chi connectivity index (χ4v) is 2.99. The van der Waals surface area contributed by atoms with E-state index in [1.807, 2.05) is 38.1 Å². The quantitative estimate of drug-likeness (QED) is 0.708. The molecule has 134 valence electrons. The number of aliphatic carboxylic acids is 1. The van der Waals surface area contributed by atoms with Gasteiger partial charge in [0.05, 0.1) is 18.2 Å². The molecule has 0 bridgehead atoms. The summed E-state index contributed by atoms with van der Waals surface area (Å²) in [5.41, 5.74) is 1.50. The number of amides is 1. The second-order valence-electron chi connectivity index (χ2n) is 5.43. The molecule has 1 aromatic heterocycles. The van der Waals surface area contributed by atoms with Crippen LogP contribution in [-0.2, 0) is 17.6 Å². The number of nitrogens with one attached hydrogen (secondary N) is 1. The monoisotopic (exact) mass is 363 g/mol. The van der Waals surface area contributed by atoms with Crippen LogP contribution in [0.15, 0.2) is 24.3 Å². The molecule has 2 aromatic rings. The fraction of sp³-hybridized carbons (Fsp3) is 0.412. The number of benzene rings is 1. The first-order chi connectivity index (χ1) is 12.0. The van der Waals surface area contributed by atoms with E-state index < -0.39 is 11.9 Å². The molecule has 0 saturated carbocycles. The highest BCUT2D eigenvalue weighted by molar-refractivity contribution is 7.08. The van der Waals surface area contributed by atoms with Crippen LogP contribution in [0.3, 0.4) is 0 Å². The highest BCUT2D eigenvalue weighted by Gasteiger charge is 2.21. The summed E-state index contributed by atoms with van der Waals surface area (Å²) >= 11 is 1.02. The van der Waals surface area contributed by atoms with Gasteiger partial charge < -0.3 is 15.2 Å². The zero-order valence-electron chi connectivity index (χ0n) is 14.2. The van der Waals surface area contributed by atoms with Gasteiger partial charge in [0.2, 0.25) is 0 Å². The topological polar surface area (TPSA) is 101 Å². The molecule has 0 spiro atoms. The molecule has 0 aliphatic carbocycles. The number of aryl methyl sites for hydroxylation is 1. The van der Waals surface area contributed by atoms with Crippen molar-refractivity contribution in [3.05, 3.63) is 40.4 Å². The smallest absolute Gasteiger partial charge is 0.308 e. The third kappa shape index (κ3) is 5.25. The Kier molecular flexibility index (Phi) is 6.88. The van der Waals surface area contributed by atoms with Gasteiger partial charge in [0.25, 0.3) is 5.91 Å². The number of carbonyl (C=O) groups is 2. The molecule has 1 aromatic carbocycles. The molecule has 0 fully saturated rings. The Labute approximate surface area is 150 Å². The van der Waals surface area contributed by atoms with Gasteiger partial charge in [-0.2, -0.15) is 0 Å². The first-order valence-electron chi connectivity index (χ1n) is 8.09. The number of hydrogen-bond donors (Lipinski definition) is 2. The SMILES string of the molecule is CCOc1ccc(CC(CNC(=O)c2snnc2CC)C(=O)O)cc1. The van der Waals surface area contributed by atoms with E-state index in [-0.39, 0.29) is 12.5 Å². The van der Waals surface area contributed by atoms with Gasteiger partial charge in [-0.05, 0) is 49.0 Å². The summed E-state index contributed by atoms with van der Waals surface area (Å²) in [7, 11) is 0. The molecule has 0 radical (unpaired) electrons. The first kappa shape index (κ1) is 18.9. The molecule has 1 atom stereocenters. The highest BCUT2D eigenvalue weighted by Crippen LogP contribution is 2.16. The summed E-state index contributed by atoms with van der Waals surface area (Å²) in [6, 6.07) is 7.30. The van der Waals surface area contributed by atoms with Gasteiger partial charge in [0, 0.05) is 6.54 Å². The van der Waals surface area contributed by atoms with Crippen molar-refractivity contribution >= 4 is 23.4 Å². The fourth-order valence-electron chi connectivity index (χ4n) is 2.33. The second kappa shape index (κ2) is 9.12. The number of aromatic nitrogens is 2. The lowest BCUT2D eigenvalue weighted by atomic mass is 9.99. The van der Waals surface area contributed by atoms with E-state index in [4.69, 9.17) is 4.74 Å². The number of ether oxygens (including phenoxy) is 1. The molecular weight excluding hydrogens is 342 g/mol. The van der Waals surface area contributed by atoms with Gasteiger partial charge in [-0.1, -0.05) is 23.5 Å². The van der Waals surface area contributed by atoms with Crippen molar-refractivity contribution in [3.63, 3.8) is 0 Å². The normalized spacial score (nSPS) is 11.8. The van der Waals surface area contributed by atoms with Crippen LogP contribution in [0.25, 0.3) is 0 Å². The summed E-state index contributed by atoms with van der Waals surface area (Å²) in [4.78, 5) is 24.1. The van der Waals surface area contributed by atoms with E-state index in [2.05, 4.69) is 14.9 Å².